The van der Waals surface area contributed by atoms with Gasteiger partial charge in [0.25, 0.3) is 0 Å². The molecule has 0 saturated carbocycles. The standard InChI is InChI=1S/C19H18N4O3/c20-10-12-1-3-15-14(9-12)17(18(24)22-15)16-4-2-13(11-21-16)19(25)23-5-7-26-8-6-23/h1-4,9,11,19,22,24-25H,5-8H2. The lowest BCUT2D eigenvalue weighted by Gasteiger charge is -2.31. The predicted octanol–water partition coefficient (Wildman–Crippen LogP) is 2.13. The van der Waals surface area contributed by atoms with E-state index >= 15 is 0 Å². The first-order chi connectivity index (χ1) is 12.7. The van der Waals surface area contributed by atoms with Gasteiger partial charge in [-0.1, -0.05) is 6.07 Å². The van der Waals surface area contributed by atoms with Crippen LogP contribution < -0.4 is 0 Å². The van der Waals surface area contributed by atoms with Crippen LogP contribution in [0.4, 0.5) is 0 Å². The van der Waals surface area contributed by atoms with E-state index in [1.54, 1.807) is 36.5 Å². The van der Waals surface area contributed by atoms with Gasteiger partial charge in [-0.05, 0) is 24.3 Å². The second-order valence-corrected chi connectivity index (χ2v) is 6.22. The molecule has 0 aliphatic carbocycles. The topological polar surface area (TPSA) is 105 Å². The summed E-state index contributed by atoms with van der Waals surface area (Å²) >= 11 is 0. The zero-order valence-corrected chi connectivity index (χ0v) is 14.0. The molecule has 26 heavy (non-hydrogen) atoms. The highest BCUT2D eigenvalue weighted by molar-refractivity contribution is 5.98. The fourth-order valence-corrected chi connectivity index (χ4v) is 3.25. The summed E-state index contributed by atoms with van der Waals surface area (Å²) in [5.74, 6) is 0.00377. The van der Waals surface area contributed by atoms with Gasteiger partial charge in [0.1, 0.15) is 6.23 Å². The maximum Gasteiger partial charge on any atom is 0.199 e. The maximum absolute atomic E-state index is 10.5. The smallest absolute Gasteiger partial charge is 0.199 e. The van der Waals surface area contributed by atoms with Gasteiger partial charge in [-0.3, -0.25) is 9.88 Å². The third-order valence-electron chi connectivity index (χ3n) is 4.64. The summed E-state index contributed by atoms with van der Waals surface area (Å²) in [6.07, 6.45) is 0.879. The second kappa shape index (κ2) is 6.77. The van der Waals surface area contributed by atoms with Gasteiger partial charge in [0.2, 0.25) is 0 Å². The lowest BCUT2D eigenvalue weighted by molar-refractivity contribution is -0.0604. The molecular formula is C19H18N4O3. The van der Waals surface area contributed by atoms with E-state index in [2.05, 4.69) is 16.0 Å². The molecule has 1 aliphatic rings. The predicted molar refractivity (Wildman–Crippen MR) is 95.3 cm³/mol. The molecule has 1 aliphatic heterocycles. The highest BCUT2D eigenvalue weighted by atomic mass is 16.5. The van der Waals surface area contributed by atoms with E-state index in [9.17, 15) is 10.2 Å². The highest BCUT2D eigenvalue weighted by Crippen LogP contribution is 2.36. The van der Waals surface area contributed by atoms with Crippen molar-refractivity contribution in [1.29, 1.82) is 5.26 Å². The third-order valence-corrected chi connectivity index (χ3v) is 4.64. The van der Waals surface area contributed by atoms with E-state index in [-0.39, 0.29) is 5.88 Å². The molecule has 1 atom stereocenters. The monoisotopic (exact) mass is 350 g/mol. The number of nitrogens with one attached hydrogen (secondary N) is 1. The fraction of sp³-hybridized carbons (Fsp3) is 0.263. The minimum absolute atomic E-state index is 0.00377. The molecule has 1 fully saturated rings. The number of hydrogen-bond donors (Lipinski definition) is 3. The number of aliphatic hydroxyl groups is 1. The van der Waals surface area contributed by atoms with Crippen LogP contribution in [0.15, 0.2) is 36.5 Å². The number of aromatic nitrogens is 2. The number of aromatic amines is 1. The van der Waals surface area contributed by atoms with Gasteiger partial charge in [-0.15, -0.1) is 0 Å². The van der Waals surface area contributed by atoms with Crippen LogP contribution in [0.3, 0.4) is 0 Å². The van der Waals surface area contributed by atoms with Crippen LogP contribution in [-0.2, 0) is 4.74 Å². The minimum Gasteiger partial charge on any atom is -0.494 e. The average molecular weight is 350 g/mol. The lowest BCUT2D eigenvalue weighted by Crippen LogP contribution is -2.39. The number of morpholine rings is 1. The van der Waals surface area contributed by atoms with Crippen molar-refractivity contribution in [2.24, 2.45) is 0 Å². The summed E-state index contributed by atoms with van der Waals surface area (Å²) < 4.78 is 5.30. The Morgan fingerprint density at radius 2 is 2.04 bits per heavy atom. The first kappa shape index (κ1) is 16.5. The Morgan fingerprint density at radius 1 is 1.23 bits per heavy atom. The van der Waals surface area contributed by atoms with Crippen molar-refractivity contribution in [3.63, 3.8) is 0 Å². The van der Waals surface area contributed by atoms with E-state index in [1.165, 1.54) is 0 Å². The third kappa shape index (κ3) is 2.91. The molecule has 0 bridgehead atoms. The van der Waals surface area contributed by atoms with E-state index in [4.69, 9.17) is 10.00 Å². The Kier molecular flexibility index (Phi) is 4.31. The number of rotatable bonds is 3. The molecule has 7 heteroatoms. The van der Waals surface area contributed by atoms with Crippen LogP contribution in [0.5, 0.6) is 5.88 Å². The number of ether oxygens (including phenoxy) is 1. The van der Waals surface area contributed by atoms with Crippen molar-refractivity contribution < 1.29 is 14.9 Å². The molecule has 1 aromatic carbocycles. The van der Waals surface area contributed by atoms with E-state index < -0.39 is 6.23 Å². The van der Waals surface area contributed by atoms with Gasteiger partial charge in [-0.25, -0.2) is 0 Å². The summed E-state index contributed by atoms with van der Waals surface area (Å²) in [6, 6.07) is 10.8. The van der Waals surface area contributed by atoms with Gasteiger partial charge in [0.05, 0.1) is 36.1 Å². The number of aromatic hydroxyl groups is 1. The molecule has 132 valence electrons. The number of aliphatic hydroxyl groups excluding tert-OH is 1. The number of benzene rings is 1. The van der Waals surface area contributed by atoms with E-state index in [1.807, 2.05) is 4.90 Å². The summed E-state index contributed by atoms with van der Waals surface area (Å²) in [5.41, 5.74) is 3.05. The Labute approximate surface area is 150 Å². The van der Waals surface area contributed by atoms with Gasteiger partial charge in [-0.2, -0.15) is 5.26 Å². The molecular weight excluding hydrogens is 332 g/mol. The Bertz CT molecular complexity index is 969. The summed E-state index contributed by atoms with van der Waals surface area (Å²) in [5, 5.41) is 30.6. The van der Waals surface area contributed by atoms with Crippen LogP contribution in [0.1, 0.15) is 17.4 Å². The fourth-order valence-electron chi connectivity index (χ4n) is 3.25. The molecule has 3 heterocycles. The summed E-state index contributed by atoms with van der Waals surface area (Å²) in [4.78, 5) is 9.26. The van der Waals surface area contributed by atoms with Crippen LogP contribution >= 0.6 is 0 Å². The largest absolute Gasteiger partial charge is 0.494 e. The quantitative estimate of drug-likeness (QED) is 0.668. The van der Waals surface area contributed by atoms with Gasteiger partial charge < -0.3 is 19.9 Å². The molecule has 0 radical (unpaired) electrons. The Morgan fingerprint density at radius 3 is 2.73 bits per heavy atom. The van der Waals surface area contributed by atoms with Crippen LogP contribution in [-0.4, -0.2) is 51.4 Å². The average Bonchev–Trinajstić information content (AvgIpc) is 3.03. The van der Waals surface area contributed by atoms with Crippen molar-refractivity contribution in [1.82, 2.24) is 14.9 Å². The number of hydrogen-bond acceptors (Lipinski definition) is 6. The van der Waals surface area contributed by atoms with Crippen LogP contribution in [0, 0.1) is 11.3 Å². The van der Waals surface area contributed by atoms with Crippen LogP contribution in [0.2, 0.25) is 0 Å². The first-order valence-electron chi connectivity index (χ1n) is 8.38. The normalized spacial score (nSPS) is 16.5. The molecule has 0 amide bonds. The van der Waals surface area contributed by atoms with E-state index in [0.29, 0.717) is 48.7 Å². The molecule has 2 aromatic heterocycles. The Hall–Kier alpha value is -2.92. The molecule has 0 spiro atoms. The SMILES string of the molecule is N#Cc1ccc2[nH]c(O)c(-c3ccc(C(O)N4CCOCC4)cn3)c2c1. The van der Waals surface area contributed by atoms with Crippen molar-refractivity contribution in [3.8, 4) is 23.2 Å². The van der Waals surface area contributed by atoms with Crippen molar-refractivity contribution >= 4 is 10.9 Å². The molecule has 3 aromatic rings. The maximum atomic E-state index is 10.5. The lowest BCUT2D eigenvalue weighted by atomic mass is 10.1. The minimum atomic E-state index is -0.734. The second-order valence-electron chi connectivity index (χ2n) is 6.22. The van der Waals surface area contributed by atoms with Crippen molar-refractivity contribution in [2.45, 2.75) is 6.23 Å². The number of fused-ring (bicyclic) bond motifs is 1. The molecule has 7 nitrogen and oxygen atoms in total. The number of H-pyrrole nitrogens is 1. The number of nitrogens with zero attached hydrogens (tertiary/aromatic N) is 3. The molecule has 4 rings (SSSR count). The molecule has 1 saturated heterocycles. The van der Waals surface area contributed by atoms with E-state index in [0.717, 1.165) is 10.9 Å². The summed E-state index contributed by atoms with van der Waals surface area (Å²) in [6.45, 7) is 2.55. The van der Waals surface area contributed by atoms with Crippen molar-refractivity contribution in [2.75, 3.05) is 26.3 Å². The molecule has 1 unspecified atom stereocenters. The number of nitriles is 1. The first-order valence-corrected chi connectivity index (χ1v) is 8.38. The van der Waals surface area contributed by atoms with Crippen LogP contribution in [0.25, 0.3) is 22.2 Å². The zero-order valence-electron chi connectivity index (χ0n) is 14.0. The molecule has 3 N–H and O–H groups in total. The highest BCUT2D eigenvalue weighted by Gasteiger charge is 2.21. The van der Waals surface area contributed by atoms with Gasteiger partial charge in [0.15, 0.2) is 5.88 Å². The van der Waals surface area contributed by atoms with Gasteiger partial charge >= 0.3 is 0 Å². The van der Waals surface area contributed by atoms with Crippen molar-refractivity contribution in [3.05, 3.63) is 47.7 Å². The zero-order chi connectivity index (χ0) is 18.1. The summed E-state index contributed by atoms with van der Waals surface area (Å²) in [7, 11) is 0. The Balaban J connectivity index is 1.68. The van der Waals surface area contributed by atoms with Gasteiger partial charge in [0, 0.05) is 35.8 Å². The number of pyridine rings is 1.